The number of esters is 1. The number of rotatable bonds is 13. The van der Waals surface area contributed by atoms with E-state index in [1.807, 2.05) is 19.1 Å². The fraction of sp³-hybridized carbons (Fsp3) is 0.206. The minimum absolute atomic E-state index is 0.304. The maximum atomic E-state index is 11.9. The summed E-state index contributed by atoms with van der Waals surface area (Å²) >= 11 is 0. The molecule has 4 aromatic rings. The Morgan fingerprint density at radius 2 is 1.24 bits per heavy atom. The van der Waals surface area contributed by atoms with Gasteiger partial charge in [-0.25, -0.2) is 4.79 Å². The first-order valence-corrected chi connectivity index (χ1v) is 13.2. The Hall–Kier alpha value is -3.99. The molecule has 0 atom stereocenters. The second-order valence-corrected chi connectivity index (χ2v) is 9.15. The van der Waals surface area contributed by atoms with Crippen molar-refractivity contribution in [3.8, 4) is 0 Å². The zero-order valence-corrected chi connectivity index (χ0v) is 22.0. The second kappa shape index (κ2) is 14.1. The second-order valence-electron chi connectivity index (χ2n) is 9.15. The molecule has 0 radical (unpaired) electrons. The standard InChI is InChI=1S/C34H36N2O2/c1-2-38-33(37)24-15-26-36(28-29-16-7-3-8-17-29)27-25-35-34(30-18-9-4-10-19-30,31-20-11-5-12-21-31)32-22-13-6-14-23-32/h3-24,35H,2,25-28H2,1H3. The van der Waals surface area contributed by atoms with Crippen LogP contribution in [0.25, 0.3) is 0 Å². The van der Waals surface area contributed by atoms with E-state index in [-0.39, 0.29) is 5.97 Å². The van der Waals surface area contributed by atoms with E-state index in [1.54, 1.807) is 0 Å². The third kappa shape index (κ3) is 7.06. The lowest BCUT2D eigenvalue weighted by atomic mass is 9.77. The molecule has 0 aliphatic carbocycles. The van der Waals surface area contributed by atoms with Crippen molar-refractivity contribution in [1.82, 2.24) is 10.2 Å². The lowest BCUT2D eigenvalue weighted by molar-refractivity contribution is -0.137. The molecular weight excluding hydrogens is 468 g/mol. The topological polar surface area (TPSA) is 41.6 Å². The maximum absolute atomic E-state index is 11.9. The molecule has 0 aromatic heterocycles. The molecule has 0 saturated heterocycles. The number of ether oxygens (including phenoxy) is 1. The number of nitrogens with zero attached hydrogens (tertiary/aromatic N) is 1. The van der Waals surface area contributed by atoms with Gasteiger partial charge in [0.05, 0.1) is 12.1 Å². The predicted octanol–water partition coefficient (Wildman–Crippen LogP) is 6.19. The predicted molar refractivity (Wildman–Crippen MR) is 155 cm³/mol. The van der Waals surface area contributed by atoms with Gasteiger partial charge in [0.1, 0.15) is 0 Å². The van der Waals surface area contributed by atoms with Crippen LogP contribution in [0.4, 0.5) is 0 Å². The number of hydrogen-bond donors (Lipinski definition) is 1. The zero-order chi connectivity index (χ0) is 26.5. The molecule has 4 aromatic carbocycles. The van der Waals surface area contributed by atoms with E-state index in [0.717, 1.165) is 19.6 Å². The third-order valence-corrected chi connectivity index (χ3v) is 6.59. The monoisotopic (exact) mass is 504 g/mol. The molecule has 0 amide bonds. The van der Waals surface area contributed by atoms with Crippen LogP contribution in [0.1, 0.15) is 29.2 Å². The number of hydrogen-bond acceptors (Lipinski definition) is 4. The normalized spacial score (nSPS) is 11.6. The van der Waals surface area contributed by atoms with E-state index >= 15 is 0 Å². The molecule has 4 nitrogen and oxygen atoms in total. The van der Waals surface area contributed by atoms with Crippen molar-refractivity contribution in [2.75, 3.05) is 26.2 Å². The Kier molecular flexibility index (Phi) is 10.0. The first-order valence-electron chi connectivity index (χ1n) is 13.2. The van der Waals surface area contributed by atoms with Crippen molar-refractivity contribution in [2.24, 2.45) is 0 Å². The van der Waals surface area contributed by atoms with Crippen LogP contribution in [0.2, 0.25) is 0 Å². The summed E-state index contributed by atoms with van der Waals surface area (Å²) in [4.78, 5) is 14.2. The molecule has 0 unspecified atom stereocenters. The minimum Gasteiger partial charge on any atom is -0.463 e. The Bertz CT molecular complexity index is 1160. The highest BCUT2D eigenvalue weighted by molar-refractivity contribution is 5.81. The van der Waals surface area contributed by atoms with Gasteiger partial charge < -0.3 is 4.74 Å². The lowest BCUT2D eigenvalue weighted by Crippen LogP contribution is -2.47. The van der Waals surface area contributed by atoms with Gasteiger partial charge in [-0.2, -0.15) is 0 Å². The zero-order valence-electron chi connectivity index (χ0n) is 22.0. The van der Waals surface area contributed by atoms with Gasteiger partial charge in [0.25, 0.3) is 0 Å². The number of carbonyl (C=O) groups is 1. The van der Waals surface area contributed by atoms with Gasteiger partial charge in [-0.15, -0.1) is 0 Å². The molecule has 194 valence electrons. The van der Waals surface area contributed by atoms with Crippen LogP contribution in [0.15, 0.2) is 133 Å². The Morgan fingerprint density at radius 3 is 1.71 bits per heavy atom. The van der Waals surface area contributed by atoms with E-state index in [2.05, 4.69) is 125 Å². The van der Waals surface area contributed by atoms with Crippen LogP contribution in [-0.4, -0.2) is 37.1 Å². The van der Waals surface area contributed by atoms with Crippen molar-refractivity contribution in [3.05, 3.63) is 156 Å². The van der Waals surface area contributed by atoms with Crippen molar-refractivity contribution in [3.63, 3.8) is 0 Å². The summed E-state index contributed by atoms with van der Waals surface area (Å²) in [7, 11) is 0. The molecule has 0 bridgehead atoms. The lowest BCUT2D eigenvalue weighted by Gasteiger charge is -2.38. The van der Waals surface area contributed by atoms with Gasteiger partial charge in [-0.1, -0.05) is 127 Å². The third-order valence-electron chi connectivity index (χ3n) is 6.59. The largest absolute Gasteiger partial charge is 0.463 e. The summed E-state index contributed by atoms with van der Waals surface area (Å²) in [5.74, 6) is -0.304. The van der Waals surface area contributed by atoms with E-state index in [4.69, 9.17) is 4.74 Å². The maximum Gasteiger partial charge on any atom is 0.330 e. The van der Waals surface area contributed by atoms with Gasteiger partial charge in [-0.3, -0.25) is 10.2 Å². The number of nitrogens with one attached hydrogen (secondary N) is 1. The van der Waals surface area contributed by atoms with Crippen molar-refractivity contribution < 1.29 is 9.53 Å². The molecule has 38 heavy (non-hydrogen) atoms. The first kappa shape index (κ1) is 27.1. The van der Waals surface area contributed by atoms with Crippen LogP contribution in [0.5, 0.6) is 0 Å². The molecule has 0 heterocycles. The van der Waals surface area contributed by atoms with Crippen LogP contribution in [0, 0.1) is 0 Å². The number of carbonyl (C=O) groups excluding carboxylic acids is 1. The highest BCUT2D eigenvalue weighted by atomic mass is 16.5. The van der Waals surface area contributed by atoms with Crippen LogP contribution < -0.4 is 5.32 Å². The number of benzene rings is 4. The summed E-state index contributed by atoms with van der Waals surface area (Å²) in [5, 5.41) is 3.96. The van der Waals surface area contributed by atoms with E-state index in [0.29, 0.717) is 13.2 Å². The first-order chi connectivity index (χ1) is 18.7. The van der Waals surface area contributed by atoms with Crippen LogP contribution >= 0.6 is 0 Å². The van der Waals surface area contributed by atoms with Crippen LogP contribution in [0.3, 0.4) is 0 Å². The van der Waals surface area contributed by atoms with Crippen molar-refractivity contribution in [1.29, 1.82) is 0 Å². The average molecular weight is 505 g/mol. The molecule has 0 fully saturated rings. The Morgan fingerprint density at radius 1 is 0.763 bits per heavy atom. The fourth-order valence-corrected chi connectivity index (χ4v) is 4.84. The summed E-state index contributed by atoms with van der Waals surface area (Å²) in [6.45, 7) is 5.14. The van der Waals surface area contributed by atoms with Gasteiger partial charge in [0.15, 0.2) is 0 Å². The summed E-state index contributed by atoms with van der Waals surface area (Å²) in [6.07, 6.45) is 3.41. The van der Waals surface area contributed by atoms with Crippen LogP contribution in [-0.2, 0) is 21.6 Å². The Labute approximate surface area is 226 Å². The highest BCUT2D eigenvalue weighted by Gasteiger charge is 2.35. The van der Waals surface area contributed by atoms with Gasteiger partial charge in [0.2, 0.25) is 0 Å². The summed E-state index contributed by atoms with van der Waals surface area (Å²) in [5.41, 5.74) is 4.29. The molecule has 0 saturated carbocycles. The molecule has 4 rings (SSSR count). The van der Waals surface area contributed by atoms with Gasteiger partial charge in [-0.05, 0) is 29.2 Å². The highest BCUT2D eigenvalue weighted by Crippen LogP contribution is 2.36. The minimum atomic E-state index is -0.511. The van der Waals surface area contributed by atoms with Gasteiger partial charge in [0, 0.05) is 32.3 Å². The molecule has 4 heteroatoms. The average Bonchev–Trinajstić information content (AvgIpc) is 2.97. The van der Waals surface area contributed by atoms with E-state index in [9.17, 15) is 4.79 Å². The SMILES string of the molecule is CCOC(=O)C=CCN(CCNC(c1ccccc1)(c1ccccc1)c1ccccc1)Cc1ccccc1. The van der Waals surface area contributed by atoms with E-state index in [1.165, 1.54) is 28.3 Å². The van der Waals surface area contributed by atoms with Gasteiger partial charge >= 0.3 is 5.97 Å². The molecular formula is C34H36N2O2. The summed E-state index contributed by atoms with van der Waals surface area (Å²) in [6, 6.07) is 42.3. The Balaban J connectivity index is 1.61. The molecule has 0 aliphatic heterocycles. The quantitative estimate of drug-likeness (QED) is 0.134. The summed E-state index contributed by atoms with van der Waals surface area (Å²) < 4.78 is 5.06. The fourth-order valence-electron chi connectivity index (χ4n) is 4.84. The van der Waals surface area contributed by atoms with Crippen molar-refractivity contribution >= 4 is 5.97 Å². The van der Waals surface area contributed by atoms with E-state index < -0.39 is 5.54 Å². The van der Waals surface area contributed by atoms with Crippen molar-refractivity contribution in [2.45, 2.75) is 19.0 Å². The molecule has 0 spiro atoms. The molecule has 0 aliphatic rings. The smallest absolute Gasteiger partial charge is 0.330 e. The molecule has 1 N–H and O–H groups in total.